The lowest BCUT2D eigenvalue weighted by molar-refractivity contribution is 0.233. The van der Waals surface area contributed by atoms with E-state index in [2.05, 4.69) is 112 Å². The second-order valence-corrected chi connectivity index (χ2v) is 15.0. The first-order valence-corrected chi connectivity index (χ1v) is 16.8. The maximum absolute atomic E-state index is 2.69. The molecule has 2 aromatic carbocycles. The predicted octanol–water partition coefficient (Wildman–Crippen LogP) is 8.39. The Balaban J connectivity index is 1.31. The van der Waals surface area contributed by atoms with E-state index in [1.54, 1.807) is 11.1 Å². The molecule has 0 bridgehead atoms. The van der Waals surface area contributed by atoms with Crippen LogP contribution in [0.4, 0.5) is 0 Å². The Labute approximate surface area is 246 Å². The smallest absolute Gasteiger partial charge is 0.211 e. The Hall–Kier alpha value is -1.51. The van der Waals surface area contributed by atoms with E-state index in [0.717, 1.165) is 59.0 Å². The molecule has 214 valence electrons. The van der Waals surface area contributed by atoms with Crippen molar-refractivity contribution in [3.8, 4) is 0 Å². The highest BCUT2D eigenvalue weighted by Crippen LogP contribution is 2.62. The third-order valence-corrected chi connectivity index (χ3v) is 12.6. The number of hydrogen-bond acceptors (Lipinski definition) is 2. The summed E-state index contributed by atoms with van der Waals surface area (Å²) in [7, 11) is 9.68. The van der Waals surface area contributed by atoms with Gasteiger partial charge in [0.1, 0.15) is 0 Å². The average Bonchev–Trinajstić information content (AvgIpc) is 3.47. The van der Waals surface area contributed by atoms with Crippen molar-refractivity contribution >= 4 is 13.5 Å². The molecule has 0 saturated heterocycles. The van der Waals surface area contributed by atoms with Crippen LogP contribution in [0.3, 0.4) is 0 Å². The van der Waals surface area contributed by atoms with Crippen molar-refractivity contribution in [3.63, 3.8) is 0 Å². The summed E-state index contributed by atoms with van der Waals surface area (Å²) in [5, 5.41) is 0. The molecule has 0 radical (unpaired) electrons. The molecule has 10 atom stereocenters. The Bertz CT molecular complexity index is 1000. The van der Waals surface area contributed by atoms with Gasteiger partial charge >= 0.3 is 0 Å². The number of fused-ring (bicyclic) bond motifs is 2. The Morgan fingerprint density at radius 3 is 1.25 bits per heavy atom. The molecule has 0 amide bonds. The molecule has 4 fully saturated rings. The molecule has 0 aliphatic heterocycles. The zero-order chi connectivity index (χ0) is 28.0. The maximum atomic E-state index is 2.69. The highest BCUT2D eigenvalue weighted by Gasteiger charge is 2.59. The van der Waals surface area contributed by atoms with Gasteiger partial charge in [0.15, 0.2) is 0 Å². The first-order chi connectivity index (χ1) is 19.4. The van der Waals surface area contributed by atoms with Crippen molar-refractivity contribution in [2.75, 3.05) is 28.2 Å². The van der Waals surface area contributed by atoms with Crippen LogP contribution < -0.4 is 0 Å². The van der Waals surface area contributed by atoms with Crippen molar-refractivity contribution in [3.05, 3.63) is 71.8 Å². The van der Waals surface area contributed by atoms with Gasteiger partial charge in [-0.2, -0.15) is 0 Å². The number of rotatable bonds is 7. The molecule has 4 saturated carbocycles. The monoisotopic (exact) mass is 536 g/mol. The fourth-order valence-electron chi connectivity index (χ4n) is 11.4. The average molecular weight is 536 g/mol. The molecule has 0 spiro atoms. The lowest BCUT2D eigenvalue weighted by atomic mass is 9.09. The van der Waals surface area contributed by atoms with Crippen molar-refractivity contribution in [1.82, 2.24) is 9.62 Å². The molecule has 40 heavy (non-hydrogen) atoms. The SMILES string of the molecule is CC1CC2C(c3ccccc3)CCCC2C1B(B(C1C(C)CC2C(c3ccccc3)CCCC21)N(C)C)N(C)C. The predicted molar refractivity (Wildman–Crippen MR) is 174 cm³/mol. The molecule has 4 heteroatoms. The largest absolute Gasteiger partial charge is 0.352 e. The minimum absolute atomic E-state index is 0.623. The van der Waals surface area contributed by atoms with E-state index < -0.39 is 0 Å². The van der Waals surface area contributed by atoms with Crippen molar-refractivity contribution in [2.45, 2.75) is 88.7 Å². The molecule has 10 unspecified atom stereocenters. The third-order valence-electron chi connectivity index (χ3n) is 12.6. The molecule has 4 aliphatic carbocycles. The van der Waals surface area contributed by atoms with Crippen molar-refractivity contribution in [2.24, 2.45) is 35.5 Å². The van der Waals surface area contributed by atoms with Crippen LogP contribution in [0.2, 0.25) is 11.6 Å². The van der Waals surface area contributed by atoms with Crippen LogP contribution in [0.5, 0.6) is 0 Å². The minimum Gasteiger partial charge on any atom is -0.352 e. The number of hydrogen-bond donors (Lipinski definition) is 0. The molecule has 2 aromatic rings. The first-order valence-electron chi connectivity index (χ1n) is 16.8. The molecule has 2 nitrogen and oxygen atoms in total. The molecular weight excluding hydrogens is 482 g/mol. The molecular formula is C36H54B2N2. The molecule has 6 rings (SSSR count). The quantitative estimate of drug-likeness (QED) is 0.328. The minimum atomic E-state index is 0.623. The molecule has 4 aliphatic rings. The normalized spacial score (nSPS) is 37.4. The topological polar surface area (TPSA) is 6.48 Å². The third kappa shape index (κ3) is 5.15. The van der Waals surface area contributed by atoms with Crippen LogP contribution in [-0.2, 0) is 0 Å². The summed E-state index contributed by atoms with van der Waals surface area (Å²) in [6.45, 7) is 6.50. The van der Waals surface area contributed by atoms with Crippen LogP contribution in [0, 0.1) is 35.5 Å². The van der Waals surface area contributed by atoms with E-state index in [-0.39, 0.29) is 0 Å². The number of nitrogens with zero attached hydrogens (tertiary/aromatic N) is 2. The van der Waals surface area contributed by atoms with Gasteiger partial charge < -0.3 is 9.62 Å². The second kappa shape index (κ2) is 12.0. The summed E-state index contributed by atoms with van der Waals surface area (Å²) < 4.78 is 0. The van der Waals surface area contributed by atoms with Gasteiger partial charge in [0.25, 0.3) is 0 Å². The lowest BCUT2D eigenvalue weighted by Crippen LogP contribution is -2.62. The van der Waals surface area contributed by atoms with E-state index in [0.29, 0.717) is 13.5 Å². The summed E-state index contributed by atoms with van der Waals surface area (Å²) in [6, 6.07) is 23.1. The van der Waals surface area contributed by atoms with Gasteiger partial charge in [-0.15, -0.1) is 0 Å². The molecule has 0 N–H and O–H groups in total. The van der Waals surface area contributed by atoms with Gasteiger partial charge in [-0.1, -0.05) is 100 Å². The van der Waals surface area contributed by atoms with E-state index in [1.165, 1.54) is 51.4 Å². The van der Waals surface area contributed by atoms with Gasteiger partial charge in [-0.05, 0) is 124 Å². The summed E-state index contributed by atoms with van der Waals surface area (Å²) in [5.41, 5.74) is 3.22. The fourth-order valence-corrected chi connectivity index (χ4v) is 11.4. The zero-order valence-corrected chi connectivity index (χ0v) is 26.3. The van der Waals surface area contributed by atoms with Crippen LogP contribution in [0.15, 0.2) is 60.7 Å². The maximum Gasteiger partial charge on any atom is 0.211 e. The van der Waals surface area contributed by atoms with E-state index in [9.17, 15) is 0 Å². The van der Waals surface area contributed by atoms with E-state index in [1.807, 2.05) is 0 Å². The van der Waals surface area contributed by atoms with E-state index in [4.69, 9.17) is 0 Å². The summed E-state index contributed by atoms with van der Waals surface area (Å²) in [5.74, 6) is 8.12. The highest BCUT2D eigenvalue weighted by molar-refractivity contribution is 7.21. The van der Waals surface area contributed by atoms with E-state index >= 15 is 0 Å². The van der Waals surface area contributed by atoms with Gasteiger partial charge in [0.2, 0.25) is 13.5 Å². The Morgan fingerprint density at radius 1 is 0.525 bits per heavy atom. The lowest BCUT2D eigenvalue weighted by Gasteiger charge is -2.47. The first kappa shape index (κ1) is 28.6. The van der Waals surface area contributed by atoms with Crippen LogP contribution in [-0.4, -0.2) is 51.3 Å². The van der Waals surface area contributed by atoms with Crippen LogP contribution in [0.25, 0.3) is 0 Å². The standard InChI is InChI=1S/C36H54B2N2/c1-25-23-33-29(27-15-9-7-10-16-27)19-13-21-31(33)35(25)37(39(3)4)38(40(5)6)36-26(2)24-34-30(20-14-22-32(34)36)28-17-11-8-12-18-28/h7-12,15-18,25-26,29-36H,13-14,19-24H2,1-6H3. The van der Waals surface area contributed by atoms with Crippen LogP contribution >= 0.6 is 0 Å². The van der Waals surface area contributed by atoms with Gasteiger partial charge in [-0.3, -0.25) is 0 Å². The number of benzene rings is 2. The summed E-state index contributed by atoms with van der Waals surface area (Å²) in [6.07, 6.45) is 11.3. The summed E-state index contributed by atoms with van der Waals surface area (Å²) in [4.78, 5) is 5.38. The van der Waals surface area contributed by atoms with Gasteiger partial charge in [0, 0.05) is 0 Å². The van der Waals surface area contributed by atoms with Gasteiger partial charge in [-0.25, -0.2) is 0 Å². The second-order valence-electron chi connectivity index (χ2n) is 15.0. The van der Waals surface area contributed by atoms with Crippen molar-refractivity contribution in [1.29, 1.82) is 0 Å². The van der Waals surface area contributed by atoms with Crippen LogP contribution in [0.1, 0.15) is 88.2 Å². The Kier molecular flexibility index (Phi) is 8.58. The van der Waals surface area contributed by atoms with Crippen molar-refractivity contribution < 1.29 is 0 Å². The highest BCUT2D eigenvalue weighted by atomic mass is 15.0. The molecule has 0 heterocycles. The fraction of sp³-hybridized carbons (Fsp3) is 0.667. The van der Waals surface area contributed by atoms with Gasteiger partial charge in [0.05, 0.1) is 0 Å². The summed E-state index contributed by atoms with van der Waals surface area (Å²) >= 11 is 0. The Morgan fingerprint density at radius 2 is 0.900 bits per heavy atom. The molecule has 0 aromatic heterocycles. The zero-order valence-electron chi connectivity index (χ0n) is 26.3.